The van der Waals surface area contributed by atoms with E-state index in [4.69, 9.17) is 0 Å². The van der Waals surface area contributed by atoms with Crippen LogP contribution in [0.15, 0.2) is 36.9 Å². The zero-order valence-corrected chi connectivity index (χ0v) is 18.5. The van der Waals surface area contributed by atoms with Gasteiger partial charge in [0.1, 0.15) is 6.54 Å². The second kappa shape index (κ2) is 10.3. The van der Waals surface area contributed by atoms with Crippen molar-refractivity contribution in [3.63, 3.8) is 0 Å². The SMILES string of the molecule is C=CCN(CC(=O)Nc1ccc(N2CCN(C(=O)NC(C)C)CC2)cc1)C(=O)C1CC1. The molecule has 8 nitrogen and oxygen atoms in total. The van der Waals surface area contributed by atoms with Crippen LogP contribution in [0.25, 0.3) is 0 Å². The molecule has 0 aromatic heterocycles. The molecule has 1 aromatic rings. The van der Waals surface area contributed by atoms with Gasteiger partial charge in [-0.3, -0.25) is 9.59 Å². The number of urea groups is 1. The normalized spacial score (nSPS) is 16.1. The summed E-state index contributed by atoms with van der Waals surface area (Å²) in [4.78, 5) is 42.4. The van der Waals surface area contributed by atoms with E-state index in [2.05, 4.69) is 22.1 Å². The Morgan fingerprint density at radius 2 is 1.77 bits per heavy atom. The van der Waals surface area contributed by atoms with Crippen LogP contribution in [0.5, 0.6) is 0 Å². The highest BCUT2D eigenvalue weighted by molar-refractivity contribution is 5.95. The average molecular weight is 428 g/mol. The minimum atomic E-state index is -0.214. The third kappa shape index (κ3) is 6.47. The van der Waals surface area contributed by atoms with Gasteiger partial charge < -0.3 is 25.3 Å². The van der Waals surface area contributed by atoms with Crippen LogP contribution in [0.1, 0.15) is 26.7 Å². The van der Waals surface area contributed by atoms with Crippen LogP contribution in [0.2, 0.25) is 0 Å². The lowest BCUT2D eigenvalue weighted by atomic mass is 10.2. The molecular weight excluding hydrogens is 394 g/mol. The highest BCUT2D eigenvalue weighted by Crippen LogP contribution is 2.31. The van der Waals surface area contributed by atoms with Crippen molar-refractivity contribution < 1.29 is 14.4 Å². The molecule has 1 heterocycles. The van der Waals surface area contributed by atoms with E-state index in [0.717, 1.165) is 31.6 Å². The van der Waals surface area contributed by atoms with Crippen molar-refractivity contribution in [3.8, 4) is 0 Å². The Balaban J connectivity index is 1.48. The van der Waals surface area contributed by atoms with Crippen molar-refractivity contribution >= 4 is 29.2 Å². The van der Waals surface area contributed by atoms with Gasteiger partial charge in [-0.15, -0.1) is 6.58 Å². The fraction of sp³-hybridized carbons (Fsp3) is 0.522. The Bertz CT molecular complexity index is 796. The molecule has 8 heteroatoms. The van der Waals surface area contributed by atoms with Gasteiger partial charge in [0, 0.05) is 56.1 Å². The number of rotatable bonds is 8. The lowest BCUT2D eigenvalue weighted by molar-refractivity contribution is -0.135. The van der Waals surface area contributed by atoms with E-state index in [-0.39, 0.29) is 36.3 Å². The van der Waals surface area contributed by atoms with Crippen molar-refractivity contribution in [1.82, 2.24) is 15.1 Å². The standard InChI is InChI=1S/C23H33N5O3/c1-4-11-28(22(30)18-5-6-18)16-21(29)25-19-7-9-20(10-8-19)26-12-14-27(15-13-26)23(31)24-17(2)3/h4,7-10,17-18H,1,5-6,11-16H2,2-3H3,(H,24,31)(H,25,29). The molecule has 1 aliphatic carbocycles. The maximum absolute atomic E-state index is 12.4. The van der Waals surface area contributed by atoms with E-state index >= 15 is 0 Å². The summed E-state index contributed by atoms with van der Waals surface area (Å²) < 4.78 is 0. The molecule has 1 saturated carbocycles. The molecule has 0 unspecified atom stereocenters. The Morgan fingerprint density at radius 3 is 2.32 bits per heavy atom. The number of anilines is 2. The first kappa shape index (κ1) is 22.7. The number of piperazine rings is 1. The van der Waals surface area contributed by atoms with Gasteiger partial charge in [0.25, 0.3) is 0 Å². The van der Waals surface area contributed by atoms with E-state index in [1.807, 2.05) is 43.0 Å². The zero-order chi connectivity index (χ0) is 22.4. The summed E-state index contributed by atoms with van der Waals surface area (Å²) in [6, 6.07) is 7.78. The lowest BCUT2D eigenvalue weighted by Crippen LogP contribution is -2.52. The van der Waals surface area contributed by atoms with E-state index < -0.39 is 0 Å². The molecule has 0 radical (unpaired) electrons. The first-order valence-electron chi connectivity index (χ1n) is 11.0. The molecule has 1 aliphatic heterocycles. The van der Waals surface area contributed by atoms with Crippen LogP contribution in [0.3, 0.4) is 0 Å². The van der Waals surface area contributed by atoms with Gasteiger partial charge in [0.2, 0.25) is 11.8 Å². The number of carbonyl (C=O) groups excluding carboxylic acids is 3. The molecule has 0 atom stereocenters. The van der Waals surface area contributed by atoms with E-state index in [1.54, 1.807) is 11.0 Å². The molecule has 3 rings (SSSR count). The molecule has 1 aromatic carbocycles. The van der Waals surface area contributed by atoms with E-state index in [1.165, 1.54) is 0 Å². The van der Waals surface area contributed by atoms with Crippen LogP contribution < -0.4 is 15.5 Å². The van der Waals surface area contributed by atoms with Gasteiger partial charge in [0.15, 0.2) is 0 Å². The van der Waals surface area contributed by atoms with E-state index in [9.17, 15) is 14.4 Å². The summed E-state index contributed by atoms with van der Waals surface area (Å²) in [7, 11) is 0. The van der Waals surface area contributed by atoms with Crippen LogP contribution in [0.4, 0.5) is 16.2 Å². The predicted molar refractivity (Wildman–Crippen MR) is 122 cm³/mol. The van der Waals surface area contributed by atoms with Gasteiger partial charge in [-0.1, -0.05) is 6.08 Å². The maximum atomic E-state index is 12.4. The zero-order valence-electron chi connectivity index (χ0n) is 18.5. The summed E-state index contributed by atoms with van der Waals surface area (Å²) >= 11 is 0. The predicted octanol–water partition coefficient (Wildman–Crippen LogP) is 2.29. The lowest BCUT2D eigenvalue weighted by Gasteiger charge is -2.36. The summed E-state index contributed by atoms with van der Waals surface area (Å²) in [5.41, 5.74) is 1.75. The minimum absolute atomic E-state index is 0.0154. The molecule has 0 spiro atoms. The number of nitrogens with one attached hydrogen (secondary N) is 2. The summed E-state index contributed by atoms with van der Waals surface area (Å²) in [6.07, 6.45) is 3.47. The molecule has 31 heavy (non-hydrogen) atoms. The molecule has 2 fully saturated rings. The van der Waals surface area contributed by atoms with Crippen LogP contribution in [-0.4, -0.2) is 73.0 Å². The summed E-state index contributed by atoms with van der Waals surface area (Å²) in [5, 5.41) is 5.80. The molecule has 168 valence electrons. The van der Waals surface area contributed by atoms with Gasteiger partial charge >= 0.3 is 6.03 Å². The third-order valence-electron chi connectivity index (χ3n) is 5.42. The maximum Gasteiger partial charge on any atom is 0.317 e. The van der Waals surface area contributed by atoms with E-state index in [0.29, 0.717) is 25.3 Å². The van der Waals surface area contributed by atoms with Crippen molar-refractivity contribution in [2.24, 2.45) is 5.92 Å². The molecule has 4 amide bonds. The molecular formula is C23H33N5O3. The molecule has 1 saturated heterocycles. The Kier molecular flexibility index (Phi) is 7.55. The van der Waals surface area contributed by atoms with Gasteiger partial charge in [-0.25, -0.2) is 4.79 Å². The smallest absolute Gasteiger partial charge is 0.317 e. The first-order chi connectivity index (χ1) is 14.9. The van der Waals surface area contributed by atoms with Crippen molar-refractivity contribution in [2.75, 3.05) is 49.5 Å². The van der Waals surface area contributed by atoms with Gasteiger partial charge in [-0.2, -0.15) is 0 Å². The Morgan fingerprint density at radius 1 is 1.13 bits per heavy atom. The number of amides is 4. The van der Waals surface area contributed by atoms with Crippen LogP contribution in [0, 0.1) is 5.92 Å². The third-order valence-corrected chi connectivity index (χ3v) is 5.42. The van der Waals surface area contributed by atoms with Crippen molar-refractivity contribution in [2.45, 2.75) is 32.7 Å². The van der Waals surface area contributed by atoms with Crippen LogP contribution in [-0.2, 0) is 9.59 Å². The fourth-order valence-corrected chi connectivity index (χ4v) is 3.61. The second-order valence-corrected chi connectivity index (χ2v) is 8.46. The molecule has 0 bridgehead atoms. The van der Waals surface area contributed by atoms with Gasteiger partial charge in [0.05, 0.1) is 0 Å². The Labute approximate surface area is 184 Å². The average Bonchev–Trinajstić information content (AvgIpc) is 3.58. The number of nitrogens with zero attached hydrogens (tertiary/aromatic N) is 3. The Hall–Kier alpha value is -3.03. The molecule has 2 N–H and O–H groups in total. The van der Waals surface area contributed by atoms with Crippen molar-refractivity contribution in [1.29, 1.82) is 0 Å². The fourth-order valence-electron chi connectivity index (χ4n) is 3.61. The first-order valence-corrected chi connectivity index (χ1v) is 11.0. The van der Waals surface area contributed by atoms with Crippen molar-refractivity contribution in [3.05, 3.63) is 36.9 Å². The molecule has 2 aliphatic rings. The number of hydrogen-bond donors (Lipinski definition) is 2. The minimum Gasteiger partial charge on any atom is -0.368 e. The monoisotopic (exact) mass is 427 g/mol. The quantitative estimate of drug-likeness (QED) is 0.624. The van der Waals surface area contributed by atoms with Gasteiger partial charge in [-0.05, 0) is 51.0 Å². The summed E-state index contributed by atoms with van der Waals surface area (Å²) in [6.45, 7) is 10.9. The number of benzene rings is 1. The second-order valence-electron chi connectivity index (χ2n) is 8.46. The summed E-state index contributed by atoms with van der Waals surface area (Å²) in [5.74, 6) is -0.107. The number of hydrogen-bond acceptors (Lipinski definition) is 4. The highest BCUT2D eigenvalue weighted by atomic mass is 16.2. The van der Waals surface area contributed by atoms with Crippen LogP contribution >= 0.6 is 0 Å². The topological polar surface area (TPSA) is 85.0 Å². The highest BCUT2D eigenvalue weighted by Gasteiger charge is 2.33. The largest absolute Gasteiger partial charge is 0.368 e. The number of carbonyl (C=O) groups is 3.